The van der Waals surface area contributed by atoms with Gasteiger partial charge in [0.15, 0.2) is 0 Å². The van der Waals surface area contributed by atoms with Crippen molar-refractivity contribution in [2.75, 3.05) is 20.6 Å². The van der Waals surface area contributed by atoms with Crippen LogP contribution in [0.4, 0.5) is 0 Å². The highest BCUT2D eigenvalue weighted by Crippen LogP contribution is 2.28. The van der Waals surface area contributed by atoms with Gasteiger partial charge in [-0.3, -0.25) is 0 Å². The third-order valence-electron chi connectivity index (χ3n) is 4.55. The summed E-state index contributed by atoms with van der Waals surface area (Å²) in [6.45, 7) is 3.39. The van der Waals surface area contributed by atoms with Crippen LogP contribution in [0.3, 0.4) is 0 Å². The van der Waals surface area contributed by atoms with E-state index in [0.29, 0.717) is 12.1 Å². The van der Waals surface area contributed by atoms with E-state index < -0.39 is 0 Å². The van der Waals surface area contributed by atoms with Gasteiger partial charge in [-0.2, -0.15) is 0 Å². The van der Waals surface area contributed by atoms with Gasteiger partial charge in [0.25, 0.3) is 0 Å². The van der Waals surface area contributed by atoms with Crippen LogP contribution in [0.2, 0.25) is 0 Å². The van der Waals surface area contributed by atoms with Crippen LogP contribution in [0.5, 0.6) is 0 Å². The summed E-state index contributed by atoms with van der Waals surface area (Å²) in [5, 5.41) is 3.76. The second-order valence-electron chi connectivity index (χ2n) is 6.13. The van der Waals surface area contributed by atoms with Gasteiger partial charge in [-0.15, -0.1) is 0 Å². The van der Waals surface area contributed by atoms with Crippen molar-refractivity contribution in [3.63, 3.8) is 0 Å². The van der Waals surface area contributed by atoms with Crippen molar-refractivity contribution in [1.29, 1.82) is 0 Å². The summed E-state index contributed by atoms with van der Waals surface area (Å²) in [4.78, 5) is 2.31. The third-order valence-corrected chi connectivity index (χ3v) is 4.55. The fraction of sp³-hybridized carbons (Fsp3) is 0.647. The molecule has 1 fully saturated rings. The van der Waals surface area contributed by atoms with Gasteiger partial charge in [-0.05, 0) is 45.3 Å². The number of likely N-dealkylation sites (N-methyl/N-ethyl adjacent to an activating group) is 1. The lowest BCUT2D eigenvalue weighted by atomic mass is 9.99. The Morgan fingerprint density at radius 1 is 1.16 bits per heavy atom. The maximum Gasteiger partial charge on any atom is 0.0466 e. The third kappa shape index (κ3) is 4.05. The first kappa shape index (κ1) is 14.5. The van der Waals surface area contributed by atoms with Crippen LogP contribution < -0.4 is 5.32 Å². The Bertz CT molecular complexity index is 355. The summed E-state index contributed by atoms with van der Waals surface area (Å²) in [7, 11) is 4.33. The molecule has 0 spiro atoms. The lowest BCUT2D eigenvalue weighted by Gasteiger charge is -2.28. The van der Waals surface area contributed by atoms with Gasteiger partial charge in [-0.25, -0.2) is 0 Å². The fourth-order valence-corrected chi connectivity index (χ4v) is 3.20. The molecule has 19 heavy (non-hydrogen) atoms. The van der Waals surface area contributed by atoms with Crippen LogP contribution in [0.15, 0.2) is 30.3 Å². The topological polar surface area (TPSA) is 15.3 Å². The van der Waals surface area contributed by atoms with Crippen LogP contribution >= 0.6 is 0 Å². The van der Waals surface area contributed by atoms with Crippen molar-refractivity contribution < 1.29 is 0 Å². The smallest absolute Gasteiger partial charge is 0.0466 e. The first-order valence-corrected chi connectivity index (χ1v) is 7.63. The molecule has 1 saturated carbocycles. The molecule has 2 unspecified atom stereocenters. The highest BCUT2D eigenvalue weighted by Gasteiger charge is 2.22. The molecule has 0 saturated heterocycles. The maximum atomic E-state index is 3.76. The SMILES string of the molecule is CC(NCC(c1ccccc1)N(C)C)C1CCCC1. The number of nitrogens with zero attached hydrogens (tertiary/aromatic N) is 1. The van der Waals surface area contributed by atoms with Gasteiger partial charge in [0.1, 0.15) is 0 Å². The number of hydrogen-bond acceptors (Lipinski definition) is 2. The molecule has 2 heteroatoms. The van der Waals surface area contributed by atoms with E-state index in [0.717, 1.165) is 12.5 Å². The molecule has 106 valence electrons. The zero-order valence-corrected chi connectivity index (χ0v) is 12.6. The fourth-order valence-electron chi connectivity index (χ4n) is 3.20. The van der Waals surface area contributed by atoms with E-state index in [4.69, 9.17) is 0 Å². The Hall–Kier alpha value is -0.860. The summed E-state index contributed by atoms with van der Waals surface area (Å²) in [6, 6.07) is 11.9. The predicted molar refractivity (Wildman–Crippen MR) is 82.3 cm³/mol. The quantitative estimate of drug-likeness (QED) is 0.842. The van der Waals surface area contributed by atoms with E-state index in [1.807, 2.05) is 0 Å². The van der Waals surface area contributed by atoms with Crippen LogP contribution in [-0.2, 0) is 0 Å². The summed E-state index contributed by atoms with van der Waals surface area (Å²) >= 11 is 0. The summed E-state index contributed by atoms with van der Waals surface area (Å²) < 4.78 is 0. The van der Waals surface area contributed by atoms with Gasteiger partial charge in [-0.1, -0.05) is 43.2 Å². The standard InChI is InChI=1S/C17H28N2/c1-14(15-9-7-8-10-15)18-13-17(19(2)3)16-11-5-4-6-12-16/h4-6,11-12,14-15,17-18H,7-10,13H2,1-3H3. The number of nitrogens with one attached hydrogen (secondary N) is 1. The lowest BCUT2D eigenvalue weighted by Crippen LogP contribution is -2.38. The molecule has 0 bridgehead atoms. The molecule has 0 aromatic heterocycles. The molecule has 1 aliphatic carbocycles. The van der Waals surface area contributed by atoms with Crippen molar-refractivity contribution in [2.24, 2.45) is 5.92 Å². The van der Waals surface area contributed by atoms with Crippen LogP contribution in [-0.4, -0.2) is 31.6 Å². The van der Waals surface area contributed by atoms with Gasteiger partial charge >= 0.3 is 0 Å². The molecule has 2 atom stereocenters. The normalized spacial score (nSPS) is 19.8. The molecule has 0 heterocycles. The molecule has 0 aliphatic heterocycles. The van der Waals surface area contributed by atoms with E-state index in [9.17, 15) is 0 Å². The summed E-state index contributed by atoms with van der Waals surface area (Å²) in [5.41, 5.74) is 1.40. The highest BCUT2D eigenvalue weighted by atomic mass is 15.1. The number of hydrogen-bond donors (Lipinski definition) is 1. The number of benzene rings is 1. The molecule has 1 aromatic carbocycles. The highest BCUT2D eigenvalue weighted by molar-refractivity contribution is 5.19. The largest absolute Gasteiger partial charge is 0.312 e. The zero-order valence-electron chi connectivity index (χ0n) is 12.6. The van der Waals surface area contributed by atoms with Crippen molar-refractivity contribution in [3.05, 3.63) is 35.9 Å². The molecule has 2 rings (SSSR count). The molecule has 2 nitrogen and oxygen atoms in total. The molecular weight excluding hydrogens is 232 g/mol. The van der Waals surface area contributed by atoms with Crippen molar-refractivity contribution in [2.45, 2.75) is 44.7 Å². The van der Waals surface area contributed by atoms with E-state index in [1.54, 1.807) is 0 Å². The average Bonchev–Trinajstić information content (AvgIpc) is 2.93. The molecule has 0 radical (unpaired) electrons. The zero-order chi connectivity index (χ0) is 13.7. The van der Waals surface area contributed by atoms with E-state index in [1.165, 1.54) is 31.2 Å². The van der Waals surface area contributed by atoms with Gasteiger partial charge in [0, 0.05) is 18.6 Å². The Morgan fingerprint density at radius 3 is 2.37 bits per heavy atom. The van der Waals surface area contributed by atoms with E-state index in [2.05, 4.69) is 61.6 Å². The Kier molecular flexibility index (Phi) is 5.41. The van der Waals surface area contributed by atoms with E-state index >= 15 is 0 Å². The van der Waals surface area contributed by atoms with Crippen LogP contribution in [0, 0.1) is 5.92 Å². The molecule has 1 aliphatic rings. The summed E-state index contributed by atoms with van der Waals surface area (Å²) in [5.74, 6) is 0.888. The van der Waals surface area contributed by atoms with Crippen molar-refractivity contribution >= 4 is 0 Å². The van der Waals surface area contributed by atoms with Gasteiger partial charge in [0.2, 0.25) is 0 Å². The van der Waals surface area contributed by atoms with E-state index in [-0.39, 0.29) is 0 Å². The van der Waals surface area contributed by atoms with Crippen LogP contribution in [0.25, 0.3) is 0 Å². The Labute approximate surface area is 118 Å². The van der Waals surface area contributed by atoms with Crippen molar-refractivity contribution in [1.82, 2.24) is 10.2 Å². The second kappa shape index (κ2) is 7.06. The minimum absolute atomic E-state index is 0.463. The molecule has 0 amide bonds. The summed E-state index contributed by atoms with van der Waals surface area (Å²) in [6.07, 6.45) is 5.66. The minimum Gasteiger partial charge on any atom is -0.312 e. The predicted octanol–water partition coefficient (Wildman–Crippen LogP) is 3.46. The average molecular weight is 260 g/mol. The Morgan fingerprint density at radius 2 is 1.79 bits per heavy atom. The van der Waals surface area contributed by atoms with Crippen molar-refractivity contribution in [3.8, 4) is 0 Å². The molecule has 1 aromatic rings. The number of rotatable bonds is 6. The lowest BCUT2D eigenvalue weighted by molar-refractivity contribution is 0.266. The first-order valence-electron chi connectivity index (χ1n) is 7.63. The van der Waals surface area contributed by atoms with Gasteiger partial charge < -0.3 is 10.2 Å². The minimum atomic E-state index is 0.463. The Balaban J connectivity index is 1.90. The molecular formula is C17H28N2. The molecule has 1 N–H and O–H groups in total. The monoisotopic (exact) mass is 260 g/mol. The van der Waals surface area contributed by atoms with Gasteiger partial charge in [0.05, 0.1) is 0 Å². The second-order valence-corrected chi connectivity index (χ2v) is 6.13. The maximum absolute atomic E-state index is 3.76. The first-order chi connectivity index (χ1) is 9.18. The van der Waals surface area contributed by atoms with Crippen LogP contribution in [0.1, 0.15) is 44.2 Å².